The molecule has 0 radical (unpaired) electrons. The van der Waals surface area contributed by atoms with Crippen LogP contribution in [-0.4, -0.2) is 16.0 Å². The molecule has 20 heavy (non-hydrogen) atoms. The third-order valence-corrected chi connectivity index (χ3v) is 4.41. The Morgan fingerprint density at radius 3 is 1.95 bits per heavy atom. The third-order valence-electron chi connectivity index (χ3n) is 4.41. The van der Waals surface area contributed by atoms with E-state index in [2.05, 4.69) is 12.1 Å². The molecule has 1 saturated carbocycles. The Morgan fingerprint density at radius 1 is 0.800 bits per heavy atom. The van der Waals surface area contributed by atoms with Gasteiger partial charge in [-0.25, -0.2) is 0 Å². The minimum absolute atomic E-state index is 0.220. The first-order valence-electron chi connectivity index (χ1n) is 7.21. The van der Waals surface area contributed by atoms with Crippen molar-refractivity contribution in [3.8, 4) is 0 Å². The zero-order chi connectivity index (χ0) is 14.0. The van der Waals surface area contributed by atoms with Crippen LogP contribution in [0.3, 0.4) is 0 Å². The molecule has 2 nitrogen and oxygen atoms in total. The van der Waals surface area contributed by atoms with Crippen LogP contribution in [-0.2, 0) is 0 Å². The molecule has 2 unspecified atom stereocenters. The Labute approximate surface area is 119 Å². The van der Waals surface area contributed by atoms with Gasteiger partial charge in [-0.1, -0.05) is 60.7 Å². The first-order valence-corrected chi connectivity index (χ1v) is 7.21. The summed E-state index contributed by atoms with van der Waals surface area (Å²) in [6.07, 6.45) is 2.02. The lowest BCUT2D eigenvalue weighted by molar-refractivity contribution is -0.197. The van der Waals surface area contributed by atoms with Crippen LogP contribution in [0.5, 0.6) is 0 Å². The van der Waals surface area contributed by atoms with Gasteiger partial charge in [0.2, 0.25) is 0 Å². The summed E-state index contributed by atoms with van der Waals surface area (Å²) < 4.78 is 0. The zero-order valence-electron chi connectivity index (χ0n) is 11.4. The van der Waals surface area contributed by atoms with Crippen molar-refractivity contribution < 1.29 is 10.2 Å². The SMILES string of the molecule is OC1(O)CCC(c2ccccc2)CC1c1ccccc1. The van der Waals surface area contributed by atoms with Gasteiger partial charge >= 0.3 is 0 Å². The number of aliphatic hydroxyl groups is 2. The highest BCUT2D eigenvalue weighted by molar-refractivity contribution is 5.27. The molecule has 0 aliphatic heterocycles. The molecule has 0 bridgehead atoms. The summed E-state index contributed by atoms with van der Waals surface area (Å²) in [5, 5.41) is 20.6. The first kappa shape index (κ1) is 13.3. The lowest BCUT2D eigenvalue weighted by atomic mass is 9.72. The maximum absolute atomic E-state index is 10.3. The molecule has 2 heteroatoms. The molecule has 1 aliphatic carbocycles. The molecule has 2 aromatic carbocycles. The molecule has 2 aromatic rings. The van der Waals surface area contributed by atoms with Crippen molar-refractivity contribution in [2.24, 2.45) is 0 Å². The Bertz CT molecular complexity index is 548. The number of benzene rings is 2. The van der Waals surface area contributed by atoms with Gasteiger partial charge in [-0.05, 0) is 29.9 Å². The largest absolute Gasteiger partial charge is 0.365 e. The van der Waals surface area contributed by atoms with E-state index in [0.717, 1.165) is 18.4 Å². The molecular weight excluding hydrogens is 248 g/mol. The van der Waals surface area contributed by atoms with Crippen molar-refractivity contribution >= 4 is 0 Å². The van der Waals surface area contributed by atoms with Crippen LogP contribution >= 0.6 is 0 Å². The summed E-state index contributed by atoms with van der Waals surface area (Å²) in [4.78, 5) is 0. The van der Waals surface area contributed by atoms with Gasteiger partial charge in [0.25, 0.3) is 0 Å². The van der Waals surface area contributed by atoms with E-state index in [4.69, 9.17) is 0 Å². The minimum Gasteiger partial charge on any atom is -0.365 e. The normalized spacial score (nSPS) is 25.3. The van der Waals surface area contributed by atoms with Crippen LogP contribution in [0, 0.1) is 0 Å². The van der Waals surface area contributed by atoms with Crippen LogP contribution in [0.1, 0.15) is 42.2 Å². The first-order chi connectivity index (χ1) is 9.67. The van der Waals surface area contributed by atoms with E-state index in [0.29, 0.717) is 12.3 Å². The fourth-order valence-electron chi connectivity index (χ4n) is 3.27. The van der Waals surface area contributed by atoms with Crippen LogP contribution in [0.4, 0.5) is 0 Å². The predicted octanol–water partition coefficient (Wildman–Crippen LogP) is 3.42. The number of hydrogen-bond donors (Lipinski definition) is 2. The Morgan fingerprint density at radius 2 is 1.35 bits per heavy atom. The summed E-state index contributed by atoms with van der Waals surface area (Å²) >= 11 is 0. The standard InChI is InChI=1S/C18H20O2/c19-18(20)12-11-16(14-7-3-1-4-8-14)13-17(18)15-9-5-2-6-10-15/h1-10,16-17,19-20H,11-13H2. The fraction of sp³-hybridized carbons (Fsp3) is 0.333. The van der Waals surface area contributed by atoms with E-state index in [-0.39, 0.29) is 5.92 Å². The van der Waals surface area contributed by atoms with Crippen LogP contribution in [0.2, 0.25) is 0 Å². The topological polar surface area (TPSA) is 40.5 Å². The van der Waals surface area contributed by atoms with Crippen molar-refractivity contribution in [2.75, 3.05) is 0 Å². The van der Waals surface area contributed by atoms with Crippen molar-refractivity contribution in [2.45, 2.75) is 36.9 Å². The Hall–Kier alpha value is -1.64. The second kappa shape index (κ2) is 5.39. The second-order valence-corrected chi connectivity index (χ2v) is 5.72. The van der Waals surface area contributed by atoms with Gasteiger partial charge in [-0.3, -0.25) is 0 Å². The predicted molar refractivity (Wildman–Crippen MR) is 79.4 cm³/mol. The zero-order valence-corrected chi connectivity index (χ0v) is 11.4. The molecule has 0 spiro atoms. The van der Waals surface area contributed by atoms with Crippen molar-refractivity contribution in [3.05, 3.63) is 71.8 Å². The van der Waals surface area contributed by atoms with Crippen LogP contribution < -0.4 is 0 Å². The van der Waals surface area contributed by atoms with E-state index >= 15 is 0 Å². The van der Waals surface area contributed by atoms with Gasteiger partial charge in [-0.2, -0.15) is 0 Å². The lowest BCUT2D eigenvalue weighted by Gasteiger charge is -2.40. The summed E-state index contributed by atoms with van der Waals surface area (Å²) in [6, 6.07) is 20.2. The molecule has 2 atom stereocenters. The fourth-order valence-corrected chi connectivity index (χ4v) is 3.27. The van der Waals surface area contributed by atoms with Gasteiger partial charge in [0.05, 0.1) is 0 Å². The van der Waals surface area contributed by atoms with E-state index in [1.54, 1.807) is 0 Å². The van der Waals surface area contributed by atoms with Crippen molar-refractivity contribution in [3.63, 3.8) is 0 Å². The van der Waals surface area contributed by atoms with Gasteiger partial charge in [0, 0.05) is 12.3 Å². The van der Waals surface area contributed by atoms with Crippen LogP contribution in [0.25, 0.3) is 0 Å². The second-order valence-electron chi connectivity index (χ2n) is 5.72. The molecular formula is C18H20O2. The Kier molecular flexibility index (Phi) is 3.60. The Balaban J connectivity index is 1.87. The van der Waals surface area contributed by atoms with Gasteiger partial charge < -0.3 is 10.2 Å². The highest BCUT2D eigenvalue weighted by Gasteiger charge is 2.41. The van der Waals surface area contributed by atoms with Crippen molar-refractivity contribution in [1.29, 1.82) is 0 Å². The van der Waals surface area contributed by atoms with E-state index in [1.165, 1.54) is 5.56 Å². The number of hydrogen-bond acceptors (Lipinski definition) is 2. The molecule has 104 valence electrons. The van der Waals surface area contributed by atoms with Gasteiger partial charge in [-0.15, -0.1) is 0 Å². The van der Waals surface area contributed by atoms with Gasteiger partial charge in [0.15, 0.2) is 5.79 Å². The molecule has 1 fully saturated rings. The molecule has 0 aromatic heterocycles. The molecule has 0 amide bonds. The summed E-state index contributed by atoms with van der Waals surface area (Å²) in [5.74, 6) is -1.41. The quantitative estimate of drug-likeness (QED) is 0.819. The minimum atomic E-state index is -1.59. The van der Waals surface area contributed by atoms with Gasteiger partial charge in [0.1, 0.15) is 0 Å². The molecule has 3 rings (SSSR count). The third kappa shape index (κ3) is 2.62. The summed E-state index contributed by atoms with van der Waals surface area (Å²) in [5.41, 5.74) is 2.31. The highest BCUT2D eigenvalue weighted by Crippen LogP contribution is 2.45. The summed E-state index contributed by atoms with van der Waals surface area (Å²) in [7, 11) is 0. The molecule has 0 heterocycles. The average molecular weight is 268 g/mol. The summed E-state index contributed by atoms with van der Waals surface area (Å²) in [6.45, 7) is 0. The van der Waals surface area contributed by atoms with E-state index in [1.807, 2.05) is 48.5 Å². The molecule has 0 saturated heterocycles. The lowest BCUT2D eigenvalue weighted by Crippen LogP contribution is -2.40. The smallest absolute Gasteiger partial charge is 0.169 e. The van der Waals surface area contributed by atoms with Crippen molar-refractivity contribution in [1.82, 2.24) is 0 Å². The maximum atomic E-state index is 10.3. The maximum Gasteiger partial charge on any atom is 0.169 e. The van der Waals surface area contributed by atoms with Crippen LogP contribution in [0.15, 0.2) is 60.7 Å². The highest BCUT2D eigenvalue weighted by atomic mass is 16.5. The monoisotopic (exact) mass is 268 g/mol. The van der Waals surface area contributed by atoms with E-state index < -0.39 is 5.79 Å². The van der Waals surface area contributed by atoms with E-state index in [9.17, 15) is 10.2 Å². The average Bonchev–Trinajstić information content (AvgIpc) is 2.49. The molecule has 2 N–H and O–H groups in total. The molecule has 1 aliphatic rings. The number of rotatable bonds is 2.